The van der Waals surface area contributed by atoms with Gasteiger partial charge in [-0.15, -0.1) is 0 Å². The van der Waals surface area contributed by atoms with E-state index in [1.54, 1.807) is 0 Å². The molecule has 2 nitrogen and oxygen atoms in total. The summed E-state index contributed by atoms with van der Waals surface area (Å²) in [6.45, 7) is 1.51. The van der Waals surface area contributed by atoms with Gasteiger partial charge in [-0.1, -0.05) is 66.7 Å². The van der Waals surface area contributed by atoms with Gasteiger partial charge in [-0.2, -0.15) is 13.5 Å². The van der Waals surface area contributed by atoms with E-state index in [-0.39, 0.29) is 19.4 Å². The first-order valence-corrected chi connectivity index (χ1v) is 7.26. The van der Waals surface area contributed by atoms with Crippen LogP contribution in [-0.2, 0) is 4.79 Å². The normalized spacial score (nSPS) is 9.78. The maximum atomic E-state index is 11.1. The van der Waals surface area contributed by atoms with Crippen LogP contribution in [0.1, 0.15) is 6.92 Å². The Labute approximate surface area is 143 Å². The molecule has 0 saturated carbocycles. The average molecular weight is 321 g/mol. The van der Waals surface area contributed by atoms with Crippen molar-refractivity contribution in [3.05, 3.63) is 78.9 Å². The monoisotopic (exact) mass is 321 g/mol. The first-order valence-electron chi connectivity index (χ1n) is 7.26. The number of rotatable bonds is 3. The van der Waals surface area contributed by atoms with Gasteiger partial charge in [0.2, 0.25) is 5.91 Å². The Morgan fingerprint density at radius 3 is 1.70 bits per heavy atom. The first-order chi connectivity index (χ1) is 10.7. The second-order valence-electron chi connectivity index (χ2n) is 5.17. The van der Waals surface area contributed by atoms with Crippen molar-refractivity contribution < 1.29 is 4.79 Å². The molecular formula is C20H19NOS. The van der Waals surface area contributed by atoms with E-state index >= 15 is 0 Å². The number of amides is 1. The Kier molecular flexibility index (Phi) is 5.61. The maximum Gasteiger partial charge on any atom is 0.221 e. The summed E-state index contributed by atoms with van der Waals surface area (Å²) in [6.07, 6.45) is 0. The van der Waals surface area contributed by atoms with Gasteiger partial charge in [-0.25, -0.2) is 0 Å². The number of carbonyl (C=O) groups excluding carboxylic acids is 1. The Bertz CT molecular complexity index is 782. The predicted octanol–water partition coefficient (Wildman–Crippen LogP) is 5.09. The molecule has 0 atom stereocenters. The molecule has 0 aliphatic heterocycles. The van der Waals surface area contributed by atoms with Gasteiger partial charge in [0.1, 0.15) is 0 Å². The van der Waals surface area contributed by atoms with Crippen molar-refractivity contribution in [2.75, 3.05) is 5.32 Å². The third-order valence-electron chi connectivity index (χ3n) is 3.53. The number of benzene rings is 3. The van der Waals surface area contributed by atoms with Crippen LogP contribution >= 0.6 is 13.5 Å². The van der Waals surface area contributed by atoms with Gasteiger partial charge in [0, 0.05) is 12.6 Å². The lowest BCUT2D eigenvalue weighted by atomic mass is 9.94. The molecule has 0 spiro atoms. The molecule has 23 heavy (non-hydrogen) atoms. The van der Waals surface area contributed by atoms with Crippen molar-refractivity contribution >= 4 is 25.1 Å². The zero-order chi connectivity index (χ0) is 15.4. The number of carbonyl (C=O) groups is 1. The molecule has 0 unspecified atom stereocenters. The topological polar surface area (TPSA) is 29.1 Å². The predicted molar refractivity (Wildman–Crippen MR) is 102 cm³/mol. The SMILES string of the molecule is CC(=O)Nc1ccc(-c2ccccc2-c2ccccc2)cc1.S. The standard InChI is InChI=1S/C20H17NO.H2S/c1-15(22)21-18-13-11-17(12-14-18)20-10-6-5-9-19(20)16-7-3-2-4-8-16;/h2-14H,1H3,(H,21,22);1H2. The van der Waals surface area contributed by atoms with Crippen molar-refractivity contribution in [3.63, 3.8) is 0 Å². The minimum Gasteiger partial charge on any atom is -0.326 e. The van der Waals surface area contributed by atoms with Gasteiger partial charge in [0.15, 0.2) is 0 Å². The molecule has 0 radical (unpaired) electrons. The number of hydrogen-bond acceptors (Lipinski definition) is 1. The van der Waals surface area contributed by atoms with Crippen LogP contribution in [0.5, 0.6) is 0 Å². The molecule has 1 N–H and O–H groups in total. The van der Waals surface area contributed by atoms with E-state index in [2.05, 4.69) is 35.6 Å². The fourth-order valence-corrected chi connectivity index (χ4v) is 2.54. The Morgan fingerprint density at radius 2 is 1.17 bits per heavy atom. The summed E-state index contributed by atoms with van der Waals surface area (Å²) in [4.78, 5) is 11.1. The lowest BCUT2D eigenvalue weighted by Crippen LogP contribution is -2.05. The highest BCUT2D eigenvalue weighted by molar-refractivity contribution is 7.59. The highest BCUT2D eigenvalue weighted by Gasteiger charge is 2.06. The van der Waals surface area contributed by atoms with Crippen LogP contribution in [0, 0.1) is 0 Å². The van der Waals surface area contributed by atoms with Gasteiger partial charge in [0.05, 0.1) is 0 Å². The van der Waals surface area contributed by atoms with Crippen molar-refractivity contribution in [2.24, 2.45) is 0 Å². The molecule has 3 aromatic carbocycles. The van der Waals surface area contributed by atoms with E-state index < -0.39 is 0 Å². The summed E-state index contributed by atoms with van der Waals surface area (Å²) >= 11 is 0. The van der Waals surface area contributed by atoms with Crippen LogP contribution in [0.4, 0.5) is 5.69 Å². The summed E-state index contributed by atoms with van der Waals surface area (Å²) in [6, 6.07) is 26.6. The van der Waals surface area contributed by atoms with Crippen LogP contribution in [0.25, 0.3) is 22.3 Å². The summed E-state index contributed by atoms with van der Waals surface area (Å²) < 4.78 is 0. The molecule has 3 heteroatoms. The quantitative estimate of drug-likeness (QED) is 0.715. The fraction of sp³-hybridized carbons (Fsp3) is 0.0500. The molecule has 1 amide bonds. The first kappa shape index (κ1) is 16.8. The molecule has 3 rings (SSSR count). The molecule has 0 saturated heterocycles. The van der Waals surface area contributed by atoms with Gasteiger partial charge in [0.25, 0.3) is 0 Å². The minimum atomic E-state index is -0.0579. The second-order valence-corrected chi connectivity index (χ2v) is 5.17. The summed E-state index contributed by atoms with van der Waals surface area (Å²) in [7, 11) is 0. The van der Waals surface area contributed by atoms with E-state index in [1.165, 1.54) is 23.6 Å². The van der Waals surface area contributed by atoms with E-state index in [4.69, 9.17) is 0 Å². The van der Waals surface area contributed by atoms with Crippen LogP contribution in [0.2, 0.25) is 0 Å². The highest BCUT2D eigenvalue weighted by atomic mass is 32.1. The lowest BCUT2D eigenvalue weighted by Gasteiger charge is -2.11. The summed E-state index contributed by atoms with van der Waals surface area (Å²) in [5.41, 5.74) is 5.53. The lowest BCUT2D eigenvalue weighted by molar-refractivity contribution is -0.114. The zero-order valence-corrected chi connectivity index (χ0v) is 13.9. The van der Waals surface area contributed by atoms with Crippen LogP contribution in [0.15, 0.2) is 78.9 Å². The summed E-state index contributed by atoms with van der Waals surface area (Å²) in [5, 5.41) is 2.79. The Balaban J connectivity index is 0.00000192. The second kappa shape index (κ2) is 7.65. The van der Waals surface area contributed by atoms with E-state index in [0.29, 0.717) is 0 Å². The maximum absolute atomic E-state index is 11.1. The minimum absolute atomic E-state index is 0. The molecule has 0 aliphatic rings. The van der Waals surface area contributed by atoms with E-state index in [1.807, 2.05) is 48.5 Å². The van der Waals surface area contributed by atoms with Crippen molar-refractivity contribution in [2.45, 2.75) is 6.92 Å². The largest absolute Gasteiger partial charge is 0.326 e. The molecule has 0 heterocycles. The molecular weight excluding hydrogens is 302 g/mol. The van der Waals surface area contributed by atoms with Gasteiger partial charge < -0.3 is 5.32 Å². The fourth-order valence-electron chi connectivity index (χ4n) is 2.54. The number of hydrogen-bond donors (Lipinski definition) is 1. The van der Waals surface area contributed by atoms with E-state index in [9.17, 15) is 4.79 Å². The molecule has 0 fully saturated rings. The number of nitrogens with one attached hydrogen (secondary N) is 1. The zero-order valence-electron chi connectivity index (χ0n) is 12.9. The molecule has 3 aromatic rings. The van der Waals surface area contributed by atoms with Crippen LogP contribution < -0.4 is 5.32 Å². The van der Waals surface area contributed by atoms with Crippen molar-refractivity contribution in [1.29, 1.82) is 0 Å². The molecule has 0 bridgehead atoms. The van der Waals surface area contributed by atoms with Crippen molar-refractivity contribution in [3.8, 4) is 22.3 Å². The molecule has 0 aromatic heterocycles. The van der Waals surface area contributed by atoms with Gasteiger partial charge in [-0.05, 0) is 34.4 Å². The summed E-state index contributed by atoms with van der Waals surface area (Å²) in [5.74, 6) is -0.0579. The van der Waals surface area contributed by atoms with Gasteiger partial charge >= 0.3 is 0 Å². The van der Waals surface area contributed by atoms with Crippen LogP contribution in [-0.4, -0.2) is 5.91 Å². The average Bonchev–Trinajstić information content (AvgIpc) is 2.56. The number of anilines is 1. The molecule has 116 valence electrons. The van der Waals surface area contributed by atoms with Crippen LogP contribution in [0.3, 0.4) is 0 Å². The van der Waals surface area contributed by atoms with Crippen molar-refractivity contribution in [1.82, 2.24) is 0 Å². The highest BCUT2D eigenvalue weighted by Crippen LogP contribution is 2.32. The van der Waals surface area contributed by atoms with Gasteiger partial charge in [-0.3, -0.25) is 4.79 Å². The Hall–Kier alpha value is -2.52. The third kappa shape index (κ3) is 4.02. The smallest absolute Gasteiger partial charge is 0.221 e. The van der Waals surface area contributed by atoms with E-state index in [0.717, 1.165) is 11.3 Å². The third-order valence-corrected chi connectivity index (χ3v) is 3.53. The molecule has 0 aliphatic carbocycles. The Morgan fingerprint density at radius 1 is 0.696 bits per heavy atom.